The largest absolute Gasteiger partial charge is 0.478 e. The summed E-state index contributed by atoms with van der Waals surface area (Å²) < 4.78 is 0.629. The molecule has 0 saturated heterocycles. The number of benzene rings is 2. The van der Waals surface area contributed by atoms with Crippen LogP contribution < -0.4 is 11.1 Å². The van der Waals surface area contributed by atoms with Gasteiger partial charge in [-0.1, -0.05) is 6.07 Å². The highest BCUT2D eigenvalue weighted by Gasteiger charge is 2.09. The normalized spacial score (nSPS) is 10.1. The van der Waals surface area contributed by atoms with Crippen LogP contribution in [0, 0.1) is 0 Å². The molecule has 102 valence electrons. The van der Waals surface area contributed by atoms with Crippen molar-refractivity contribution in [1.82, 2.24) is 0 Å². The van der Waals surface area contributed by atoms with E-state index in [4.69, 9.17) is 10.8 Å². The highest BCUT2D eigenvalue weighted by atomic mass is 79.9. The minimum Gasteiger partial charge on any atom is -0.478 e. The Morgan fingerprint density at radius 2 is 1.85 bits per heavy atom. The van der Waals surface area contributed by atoms with E-state index in [0.717, 1.165) is 0 Å². The van der Waals surface area contributed by atoms with E-state index >= 15 is 0 Å². The lowest BCUT2D eigenvalue weighted by Crippen LogP contribution is -2.12. The van der Waals surface area contributed by atoms with Gasteiger partial charge in [0.2, 0.25) is 0 Å². The molecule has 0 unspecified atom stereocenters. The van der Waals surface area contributed by atoms with Gasteiger partial charge in [-0.25, -0.2) is 4.79 Å². The Morgan fingerprint density at radius 3 is 2.50 bits per heavy atom. The molecule has 0 spiro atoms. The smallest absolute Gasteiger partial charge is 0.335 e. The molecular weight excluding hydrogens is 324 g/mol. The quantitative estimate of drug-likeness (QED) is 0.752. The third-order valence-corrected chi connectivity index (χ3v) is 3.32. The molecule has 1 amide bonds. The van der Waals surface area contributed by atoms with Crippen LogP contribution in [0.15, 0.2) is 46.9 Å². The Bertz CT molecular complexity index is 686. The highest BCUT2D eigenvalue weighted by Crippen LogP contribution is 2.21. The number of halogens is 1. The summed E-state index contributed by atoms with van der Waals surface area (Å²) in [4.78, 5) is 22.9. The Labute approximate surface area is 123 Å². The molecule has 0 radical (unpaired) electrons. The second-order valence-corrected chi connectivity index (χ2v) is 4.93. The molecule has 20 heavy (non-hydrogen) atoms. The van der Waals surface area contributed by atoms with Crippen LogP contribution in [0.2, 0.25) is 0 Å². The third kappa shape index (κ3) is 3.16. The van der Waals surface area contributed by atoms with Crippen molar-refractivity contribution in [1.29, 1.82) is 0 Å². The van der Waals surface area contributed by atoms with Crippen molar-refractivity contribution < 1.29 is 14.7 Å². The number of anilines is 2. The molecule has 0 aromatic heterocycles. The number of amides is 1. The van der Waals surface area contributed by atoms with Crippen LogP contribution in [0.1, 0.15) is 20.7 Å². The second kappa shape index (κ2) is 5.75. The molecule has 0 bridgehead atoms. The van der Waals surface area contributed by atoms with Crippen molar-refractivity contribution in [2.24, 2.45) is 0 Å². The highest BCUT2D eigenvalue weighted by molar-refractivity contribution is 9.10. The van der Waals surface area contributed by atoms with Crippen LogP contribution >= 0.6 is 15.9 Å². The number of nitrogen functional groups attached to an aromatic ring is 1. The number of aromatic carboxylic acids is 1. The van der Waals surface area contributed by atoms with Gasteiger partial charge in [-0.3, -0.25) is 4.79 Å². The minimum absolute atomic E-state index is 0.112. The number of hydrogen-bond donors (Lipinski definition) is 3. The van der Waals surface area contributed by atoms with Gasteiger partial charge in [-0.2, -0.15) is 0 Å². The van der Waals surface area contributed by atoms with Crippen LogP contribution in [0.25, 0.3) is 0 Å². The Balaban J connectivity index is 2.21. The Kier molecular flexibility index (Phi) is 4.05. The van der Waals surface area contributed by atoms with Gasteiger partial charge in [-0.15, -0.1) is 0 Å². The van der Waals surface area contributed by atoms with E-state index in [2.05, 4.69) is 21.2 Å². The molecule has 2 aromatic carbocycles. The van der Waals surface area contributed by atoms with E-state index in [1.165, 1.54) is 12.1 Å². The first-order chi connectivity index (χ1) is 9.47. The van der Waals surface area contributed by atoms with Crippen molar-refractivity contribution in [2.75, 3.05) is 11.1 Å². The van der Waals surface area contributed by atoms with Crippen molar-refractivity contribution in [3.05, 3.63) is 58.1 Å². The van der Waals surface area contributed by atoms with Gasteiger partial charge >= 0.3 is 5.97 Å². The molecule has 0 fully saturated rings. The first kappa shape index (κ1) is 14.1. The molecular formula is C14H11BrN2O3. The van der Waals surface area contributed by atoms with Crippen LogP contribution in [-0.2, 0) is 0 Å². The van der Waals surface area contributed by atoms with Crippen LogP contribution in [0.3, 0.4) is 0 Å². The zero-order chi connectivity index (χ0) is 14.7. The number of nitrogens with one attached hydrogen (secondary N) is 1. The molecule has 0 aliphatic heterocycles. The van der Waals surface area contributed by atoms with E-state index in [1.807, 2.05) is 0 Å². The fourth-order valence-electron chi connectivity index (χ4n) is 1.60. The summed E-state index contributed by atoms with van der Waals surface area (Å²) in [5.74, 6) is -1.38. The summed E-state index contributed by atoms with van der Waals surface area (Å²) in [6, 6.07) is 10.9. The zero-order valence-corrected chi connectivity index (χ0v) is 11.8. The summed E-state index contributed by atoms with van der Waals surface area (Å²) in [6.07, 6.45) is 0. The molecule has 2 rings (SSSR count). The SMILES string of the molecule is Nc1ccc(C(=O)Nc2cccc(C(=O)O)c2)cc1Br. The number of hydrogen-bond acceptors (Lipinski definition) is 3. The molecule has 0 aliphatic rings. The minimum atomic E-state index is -1.05. The Hall–Kier alpha value is -2.34. The lowest BCUT2D eigenvalue weighted by molar-refractivity contribution is 0.0696. The molecule has 2 aromatic rings. The maximum atomic E-state index is 12.0. The topological polar surface area (TPSA) is 92.4 Å². The number of carbonyl (C=O) groups excluding carboxylic acids is 1. The maximum absolute atomic E-state index is 12.0. The Morgan fingerprint density at radius 1 is 1.10 bits per heavy atom. The third-order valence-electron chi connectivity index (χ3n) is 2.63. The molecule has 6 heteroatoms. The average Bonchev–Trinajstić information content (AvgIpc) is 2.42. The van der Waals surface area contributed by atoms with Gasteiger partial charge in [0.15, 0.2) is 0 Å². The molecule has 4 N–H and O–H groups in total. The van der Waals surface area contributed by atoms with Gasteiger partial charge in [0.05, 0.1) is 5.56 Å². The molecule has 5 nitrogen and oxygen atoms in total. The lowest BCUT2D eigenvalue weighted by Gasteiger charge is -2.07. The summed E-state index contributed by atoms with van der Waals surface area (Å²) in [7, 11) is 0. The maximum Gasteiger partial charge on any atom is 0.335 e. The van der Waals surface area contributed by atoms with Crippen LogP contribution in [0.5, 0.6) is 0 Å². The number of carboxylic acids is 1. The van der Waals surface area contributed by atoms with Gasteiger partial charge in [0.1, 0.15) is 0 Å². The van der Waals surface area contributed by atoms with E-state index in [1.54, 1.807) is 30.3 Å². The number of rotatable bonds is 3. The monoisotopic (exact) mass is 334 g/mol. The van der Waals surface area contributed by atoms with E-state index in [-0.39, 0.29) is 11.5 Å². The summed E-state index contributed by atoms with van der Waals surface area (Å²) in [5.41, 5.74) is 7.14. The number of carboxylic acid groups (broad SMARTS) is 1. The predicted molar refractivity (Wildman–Crippen MR) is 79.9 cm³/mol. The summed E-state index contributed by atoms with van der Waals surface area (Å²) >= 11 is 3.25. The fraction of sp³-hybridized carbons (Fsp3) is 0. The zero-order valence-electron chi connectivity index (χ0n) is 10.3. The van der Waals surface area contributed by atoms with E-state index in [9.17, 15) is 9.59 Å². The number of nitrogens with two attached hydrogens (primary N) is 1. The van der Waals surface area contributed by atoms with Gasteiger partial charge in [-0.05, 0) is 52.3 Å². The van der Waals surface area contributed by atoms with Crippen molar-refractivity contribution in [2.45, 2.75) is 0 Å². The predicted octanol–water partition coefficient (Wildman–Crippen LogP) is 2.98. The average molecular weight is 335 g/mol. The van der Waals surface area contributed by atoms with Crippen molar-refractivity contribution in [3.8, 4) is 0 Å². The van der Waals surface area contributed by atoms with Gasteiger partial charge < -0.3 is 16.2 Å². The van der Waals surface area contributed by atoms with Gasteiger partial charge in [0.25, 0.3) is 5.91 Å². The lowest BCUT2D eigenvalue weighted by atomic mass is 10.1. The first-order valence-electron chi connectivity index (χ1n) is 5.67. The standard InChI is InChI=1S/C14H11BrN2O3/c15-11-7-8(4-5-12(11)16)13(18)17-10-3-1-2-9(6-10)14(19)20/h1-7H,16H2,(H,17,18)(H,19,20). The van der Waals surface area contributed by atoms with Crippen LogP contribution in [0.4, 0.5) is 11.4 Å². The summed E-state index contributed by atoms with van der Waals surface area (Å²) in [6.45, 7) is 0. The first-order valence-corrected chi connectivity index (χ1v) is 6.46. The number of carbonyl (C=O) groups is 2. The van der Waals surface area contributed by atoms with Crippen LogP contribution in [-0.4, -0.2) is 17.0 Å². The van der Waals surface area contributed by atoms with Crippen molar-refractivity contribution >= 4 is 39.2 Å². The van der Waals surface area contributed by atoms with E-state index in [0.29, 0.717) is 21.4 Å². The second-order valence-electron chi connectivity index (χ2n) is 4.08. The fourth-order valence-corrected chi connectivity index (χ4v) is 1.98. The molecule has 0 atom stereocenters. The van der Waals surface area contributed by atoms with Gasteiger partial charge in [0, 0.05) is 21.4 Å². The molecule has 0 heterocycles. The molecule has 0 aliphatic carbocycles. The van der Waals surface area contributed by atoms with Crippen molar-refractivity contribution in [3.63, 3.8) is 0 Å². The van der Waals surface area contributed by atoms with E-state index < -0.39 is 5.97 Å². The summed E-state index contributed by atoms with van der Waals surface area (Å²) in [5, 5.41) is 11.5. The molecule has 0 saturated carbocycles.